The Morgan fingerprint density at radius 1 is 1.09 bits per heavy atom. The van der Waals surface area contributed by atoms with Gasteiger partial charge in [-0.2, -0.15) is 0 Å². The second-order valence-corrected chi connectivity index (χ2v) is 7.86. The molecule has 4 amide bonds. The Hall–Kier alpha value is -4.18. The third-order valence-electron chi connectivity index (χ3n) is 4.69. The molecule has 2 aromatic carbocycles. The molecule has 1 aliphatic rings. The third-order valence-corrected chi connectivity index (χ3v) is 5.22. The van der Waals surface area contributed by atoms with E-state index in [1.807, 2.05) is 0 Å². The second-order valence-electron chi connectivity index (χ2n) is 6.94. The van der Waals surface area contributed by atoms with Crippen molar-refractivity contribution in [2.45, 2.75) is 6.92 Å². The number of nitrogens with one attached hydrogen (secondary N) is 1. The molecule has 4 rings (SSSR count). The Bertz CT molecular complexity index is 1300. The summed E-state index contributed by atoms with van der Waals surface area (Å²) >= 11 is 3.30. The Balaban J connectivity index is 1.64. The lowest BCUT2D eigenvalue weighted by atomic mass is 10.1. The van der Waals surface area contributed by atoms with Crippen molar-refractivity contribution < 1.29 is 33.1 Å². The number of rotatable bonds is 6. The Kier molecular flexibility index (Phi) is 6.60. The van der Waals surface area contributed by atoms with Crippen LogP contribution in [0.25, 0.3) is 6.08 Å². The number of urea groups is 1. The van der Waals surface area contributed by atoms with Gasteiger partial charge in [0, 0.05) is 4.47 Å². The van der Waals surface area contributed by atoms with Crippen molar-refractivity contribution in [1.82, 2.24) is 5.32 Å². The number of imide groups is 2. The molecule has 0 aliphatic carbocycles. The van der Waals surface area contributed by atoms with Crippen LogP contribution in [0.4, 0.5) is 10.5 Å². The average molecular weight is 525 g/mol. The molecule has 0 bridgehead atoms. The molecule has 2 heterocycles. The average Bonchev–Trinajstić information content (AvgIpc) is 3.35. The number of nitrogens with zero attached hydrogens (tertiary/aromatic N) is 1. The van der Waals surface area contributed by atoms with Crippen molar-refractivity contribution in [3.63, 3.8) is 0 Å². The summed E-state index contributed by atoms with van der Waals surface area (Å²) in [6.07, 6.45) is 2.68. The minimum absolute atomic E-state index is 0.0239. The molecule has 10 heteroatoms. The minimum atomic E-state index is -0.843. The van der Waals surface area contributed by atoms with Gasteiger partial charge in [-0.25, -0.2) is 14.5 Å². The van der Waals surface area contributed by atoms with E-state index in [0.29, 0.717) is 11.3 Å². The summed E-state index contributed by atoms with van der Waals surface area (Å²) < 4.78 is 16.7. The number of carbonyl (C=O) groups excluding carboxylic acids is 4. The van der Waals surface area contributed by atoms with E-state index >= 15 is 0 Å². The van der Waals surface area contributed by atoms with Gasteiger partial charge in [-0.05, 0) is 67.1 Å². The van der Waals surface area contributed by atoms with Gasteiger partial charge in [0.2, 0.25) is 5.76 Å². The first-order valence-electron chi connectivity index (χ1n) is 10.1. The zero-order valence-corrected chi connectivity index (χ0v) is 19.3. The van der Waals surface area contributed by atoms with Crippen LogP contribution in [0.5, 0.6) is 11.5 Å². The number of ether oxygens (including phenoxy) is 2. The predicted molar refractivity (Wildman–Crippen MR) is 124 cm³/mol. The molecular weight excluding hydrogens is 508 g/mol. The molecule has 3 aromatic rings. The fraction of sp³-hybridized carbons (Fsp3) is 0.0833. The highest BCUT2D eigenvalue weighted by Gasteiger charge is 2.36. The molecule has 1 saturated heterocycles. The topological polar surface area (TPSA) is 115 Å². The van der Waals surface area contributed by atoms with E-state index in [9.17, 15) is 19.2 Å². The minimum Gasteiger partial charge on any atom is -0.490 e. The number of anilines is 1. The van der Waals surface area contributed by atoms with Crippen LogP contribution in [0, 0.1) is 0 Å². The SMILES string of the molecule is CCOc1cc(/C=C2\C(=O)NC(=O)N(c3ccc(Br)cc3)C2=O)ccc1OC(=O)c1ccco1. The first-order chi connectivity index (χ1) is 16.4. The molecule has 1 N–H and O–H groups in total. The van der Waals surface area contributed by atoms with Gasteiger partial charge in [-0.1, -0.05) is 22.0 Å². The van der Waals surface area contributed by atoms with Crippen LogP contribution in [0.3, 0.4) is 0 Å². The van der Waals surface area contributed by atoms with Gasteiger partial charge >= 0.3 is 12.0 Å². The lowest BCUT2D eigenvalue weighted by Gasteiger charge is -2.26. The van der Waals surface area contributed by atoms with E-state index in [4.69, 9.17) is 13.9 Å². The van der Waals surface area contributed by atoms with Gasteiger partial charge in [-0.3, -0.25) is 14.9 Å². The molecule has 0 radical (unpaired) electrons. The van der Waals surface area contributed by atoms with Crippen LogP contribution >= 0.6 is 15.9 Å². The van der Waals surface area contributed by atoms with E-state index in [1.165, 1.54) is 30.5 Å². The van der Waals surface area contributed by atoms with E-state index in [-0.39, 0.29) is 29.4 Å². The number of barbiturate groups is 1. The number of esters is 1. The zero-order chi connectivity index (χ0) is 24.2. The Labute approximate surface area is 202 Å². The second kappa shape index (κ2) is 9.75. The molecule has 172 valence electrons. The summed E-state index contributed by atoms with van der Waals surface area (Å²) in [5.41, 5.74) is 0.481. The summed E-state index contributed by atoms with van der Waals surface area (Å²) in [6.45, 7) is 2.03. The smallest absolute Gasteiger partial charge is 0.379 e. The van der Waals surface area contributed by atoms with Crippen molar-refractivity contribution in [2.75, 3.05) is 11.5 Å². The first kappa shape index (κ1) is 23.0. The summed E-state index contributed by atoms with van der Waals surface area (Å²) in [5.74, 6) is -1.92. The molecule has 1 aromatic heterocycles. The molecular formula is C24H17BrN2O7. The van der Waals surface area contributed by atoms with E-state index in [1.54, 1.807) is 43.3 Å². The number of halogens is 1. The fourth-order valence-electron chi connectivity index (χ4n) is 3.16. The largest absolute Gasteiger partial charge is 0.490 e. The number of amides is 4. The first-order valence-corrected chi connectivity index (χ1v) is 10.9. The summed E-state index contributed by atoms with van der Waals surface area (Å²) in [6, 6.07) is 13.2. The molecule has 1 aliphatic heterocycles. The maximum absolute atomic E-state index is 13.0. The Morgan fingerprint density at radius 2 is 1.85 bits per heavy atom. The van der Waals surface area contributed by atoms with E-state index in [2.05, 4.69) is 21.2 Å². The van der Waals surface area contributed by atoms with E-state index < -0.39 is 23.8 Å². The summed E-state index contributed by atoms with van der Waals surface area (Å²) in [7, 11) is 0. The molecule has 34 heavy (non-hydrogen) atoms. The molecule has 0 unspecified atom stereocenters. The molecule has 0 atom stereocenters. The van der Waals surface area contributed by atoms with Crippen LogP contribution in [-0.2, 0) is 9.59 Å². The van der Waals surface area contributed by atoms with Crippen LogP contribution in [0.1, 0.15) is 23.0 Å². The fourth-order valence-corrected chi connectivity index (χ4v) is 3.43. The quantitative estimate of drug-likeness (QED) is 0.221. The van der Waals surface area contributed by atoms with Gasteiger partial charge in [0.15, 0.2) is 11.5 Å². The number of furan rings is 1. The lowest BCUT2D eigenvalue weighted by molar-refractivity contribution is -0.122. The number of hydrogen-bond donors (Lipinski definition) is 1. The lowest BCUT2D eigenvalue weighted by Crippen LogP contribution is -2.54. The van der Waals surface area contributed by atoms with Crippen molar-refractivity contribution in [3.8, 4) is 11.5 Å². The Morgan fingerprint density at radius 3 is 2.53 bits per heavy atom. The van der Waals surface area contributed by atoms with Gasteiger partial charge in [0.05, 0.1) is 18.6 Å². The van der Waals surface area contributed by atoms with Crippen LogP contribution in [0.15, 0.2) is 75.3 Å². The highest BCUT2D eigenvalue weighted by Crippen LogP contribution is 2.31. The van der Waals surface area contributed by atoms with Crippen LogP contribution < -0.4 is 19.7 Å². The van der Waals surface area contributed by atoms with Crippen LogP contribution in [-0.4, -0.2) is 30.4 Å². The van der Waals surface area contributed by atoms with Gasteiger partial charge < -0.3 is 13.9 Å². The van der Waals surface area contributed by atoms with Crippen molar-refractivity contribution in [3.05, 3.63) is 82.2 Å². The number of carbonyl (C=O) groups is 4. The summed E-state index contributed by atoms with van der Waals surface area (Å²) in [5, 5.41) is 2.17. The zero-order valence-electron chi connectivity index (χ0n) is 17.7. The normalized spacial score (nSPS) is 14.8. The van der Waals surface area contributed by atoms with E-state index in [0.717, 1.165) is 9.37 Å². The maximum atomic E-state index is 13.0. The standard InChI is InChI=1S/C24H17BrN2O7/c1-2-32-20-13-14(5-10-18(20)34-23(30)19-4-3-11-33-19)12-17-21(28)26-24(31)27(22(17)29)16-8-6-15(25)7-9-16/h3-13H,2H2,1H3,(H,26,28,31)/b17-12+. The highest BCUT2D eigenvalue weighted by molar-refractivity contribution is 9.10. The predicted octanol–water partition coefficient (Wildman–Crippen LogP) is 4.33. The van der Waals surface area contributed by atoms with Crippen molar-refractivity contribution in [1.29, 1.82) is 0 Å². The van der Waals surface area contributed by atoms with Crippen molar-refractivity contribution in [2.24, 2.45) is 0 Å². The highest BCUT2D eigenvalue weighted by atomic mass is 79.9. The van der Waals surface area contributed by atoms with Gasteiger partial charge in [0.25, 0.3) is 11.8 Å². The van der Waals surface area contributed by atoms with Crippen molar-refractivity contribution >= 4 is 51.5 Å². The molecule has 0 saturated carbocycles. The maximum Gasteiger partial charge on any atom is 0.379 e. The third kappa shape index (κ3) is 4.76. The monoisotopic (exact) mass is 524 g/mol. The number of hydrogen-bond acceptors (Lipinski definition) is 7. The molecule has 9 nitrogen and oxygen atoms in total. The summed E-state index contributed by atoms with van der Waals surface area (Å²) in [4.78, 5) is 50.9. The number of benzene rings is 2. The molecule has 0 spiro atoms. The van der Waals surface area contributed by atoms with Gasteiger partial charge in [0.1, 0.15) is 5.57 Å². The molecule has 1 fully saturated rings. The van der Waals surface area contributed by atoms with Gasteiger partial charge in [-0.15, -0.1) is 0 Å². The van der Waals surface area contributed by atoms with Crippen LogP contribution in [0.2, 0.25) is 0 Å².